The van der Waals surface area contributed by atoms with Gasteiger partial charge in [0.2, 0.25) is 0 Å². The van der Waals surface area contributed by atoms with E-state index in [9.17, 15) is 28.2 Å². The van der Waals surface area contributed by atoms with E-state index in [2.05, 4.69) is 0 Å². The summed E-state index contributed by atoms with van der Waals surface area (Å²) in [6.45, 7) is 0. The first-order chi connectivity index (χ1) is 7.23. The van der Waals surface area contributed by atoms with Crippen molar-refractivity contribution in [3.05, 3.63) is 29.3 Å². The number of carboxylic acids is 2. The zero-order valence-corrected chi connectivity index (χ0v) is 10.4. The van der Waals surface area contributed by atoms with Crippen LogP contribution in [0, 0.1) is 0 Å². The molecule has 18 heavy (non-hydrogen) atoms. The van der Waals surface area contributed by atoms with Crippen LogP contribution in [0.5, 0.6) is 0 Å². The molecule has 0 radical (unpaired) electrons. The van der Waals surface area contributed by atoms with Crippen LogP contribution in [0.15, 0.2) is 23.1 Å². The molecule has 86 valence electrons. The summed E-state index contributed by atoms with van der Waals surface area (Å²) in [5.74, 6) is -3.55. The molecule has 0 saturated carbocycles. The largest absolute Gasteiger partial charge is 1.00 e. The molecule has 1 N–H and O–H groups in total. The smallest absolute Gasteiger partial charge is 0.545 e. The summed E-state index contributed by atoms with van der Waals surface area (Å²) in [7, 11) is -4.85. The molecule has 0 saturated heterocycles. The first-order valence-electron chi connectivity index (χ1n) is 3.77. The Morgan fingerprint density at radius 2 is 1.56 bits per heavy atom. The SMILES string of the molecule is O=C([O-])c1ccc(C(=O)[O-])c(S(=O)(=O)O)c1.[Li+].[Li+]. The second kappa shape index (κ2) is 7.00. The van der Waals surface area contributed by atoms with Crippen LogP contribution in [0.1, 0.15) is 20.7 Å². The maximum Gasteiger partial charge on any atom is 1.00 e. The number of hydrogen-bond acceptors (Lipinski definition) is 6. The van der Waals surface area contributed by atoms with Crippen LogP contribution in [0.25, 0.3) is 0 Å². The minimum Gasteiger partial charge on any atom is -0.545 e. The Labute approximate surface area is 126 Å². The van der Waals surface area contributed by atoms with Gasteiger partial charge in [0, 0.05) is 5.56 Å². The number of aromatic carboxylic acids is 2. The normalized spacial score (nSPS) is 9.83. The van der Waals surface area contributed by atoms with E-state index in [1.54, 1.807) is 0 Å². The molecule has 0 atom stereocenters. The van der Waals surface area contributed by atoms with Crippen molar-refractivity contribution in [1.29, 1.82) is 0 Å². The molecular weight excluding hydrogens is 254 g/mol. The third-order valence-electron chi connectivity index (χ3n) is 1.72. The Morgan fingerprint density at radius 1 is 1.06 bits per heavy atom. The van der Waals surface area contributed by atoms with Gasteiger partial charge in [0.1, 0.15) is 4.90 Å². The molecule has 10 heteroatoms. The van der Waals surface area contributed by atoms with Crippen molar-refractivity contribution in [2.75, 3.05) is 0 Å². The van der Waals surface area contributed by atoms with Crippen molar-refractivity contribution in [2.24, 2.45) is 0 Å². The molecule has 7 nitrogen and oxygen atoms in total. The number of carbonyl (C=O) groups excluding carboxylic acids is 2. The van der Waals surface area contributed by atoms with Gasteiger partial charge >= 0.3 is 37.7 Å². The summed E-state index contributed by atoms with van der Waals surface area (Å²) in [6, 6.07) is 2.01. The number of hydrogen-bond donors (Lipinski definition) is 1. The van der Waals surface area contributed by atoms with Crippen LogP contribution in [0.2, 0.25) is 0 Å². The average Bonchev–Trinajstić information content (AvgIpc) is 2.15. The van der Waals surface area contributed by atoms with Crippen molar-refractivity contribution in [2.45, 2.75) is 4.90 Å². The molecule has 0 amide bonds. The summed E-state index contributed by atoms with van der Waals surface area (Å²) in [6.07, 6.45) is 0. The molecule has 1 aromatic carbocycles. The third kappa shape index (κ3) is 4.50. The minimum atomic E-state index is -4.85. The summed E-state index contributed by atoms with van der Waals surface area (Å²) in [5.41, 5.74) is -1.40. The standard InChI is InChI=1S/C8H6O7S.2Li/c9-7(10)4-1-2-5(8(11)12)6(3-4)16(13,14)15;;/h1-3H,(H,9,10)(H,11,12)(H,13,14,15);;/q;2*+1/p-2. The van der Waals surface area contributed by atoms with Crippen molar-refractivity contribution in [1.82, 2.24) is 0 Å². The Balaban J connectivity index is 0. The Bertz CT molecular complexity index is 567. The van der Waals surface area contributed by atoms with Crippen molar-refractivity contribution >= 4 is 22.1 Å². The summed E-state index contributed by atoms with van der Waals surface area (Å²) >= 11 is 0. The van der Waals surface area contributed by atoms with Gasteiger partial charge in [-0.1, -0.05) is 12.1 Å². The van der Waals surface area contributed by atoms with Crippen molar-refractivity contribution in [3.8, 4) is 0 Å². The topological polar surface area (TPSA) is 135 Å². The van der Waals surface area contributed by atoms with E-state index in [0.29, 0.717) is 12.1 Å². The Kier molecular flexibility index (Phi) is 7.62. The molecule has 1 rings (SSSR count). The van der Waals surface area contributed by atoms with Crippen LogP contribution in [-0.4, -0.2) is 24.9 Å². The van der Waals surface area contributed by atoms with Crippen LogP contribution < -0.4 is 47.9 Å². The first kappa shape index (κ1) is 19.6. The van der Waals surface area contributed by atoms with Gasteiger partial charge in [-0.15, -0.1) is 0 Å². The predicted octanol–water partition coefficient (Wildman–Crippen LogP) is -8.33. The first-order valence-corrected chi connectivity index (χ1v) is 5.21. The molecule has 0 unspecified atom stereocenters. The summed E-state index contributed by atoms with van der Waals surface area (Å²) in [5, 5.41) is 20.9. The van der Waals surface area contributed by atoms with Gasteiger partial charge in [-0.3, -0.25) is 4.55 Å². The summed E-state index contributed by atoms with van der Waals surface area (Å²) in [4.78, 5) is 19.9. The molecule has 1 aromatic rings. The number of rotatable bonds is 3. The molecule has 0 spiro atoms. The molecule has 0 heterocycles. The average molecular weight is 258 g/mol. The fraction of sp³-hybridized carbons (Fsp3) is 0. The van der Waals surface area contributed by atoms with Crippen molar-refractivity contribution < 1.29 is 70.5 Å². The maximum absolute atomic E-state index is 10.8. The minimum absolute atomic E-state index is 0. The fourth-order valence-corrected chi connectivity index (χ4v) is 1.74. The van der Waals surface area contributed by atoms with Crippen LogP contribution in [-0.2, 0) is 10.1 Å². The van der Waals surface area contributed by atoms with Gasteiger partial charge in [0.15, 0.2) is 0 Å². The van der Waals surface area contributed by atoms with Gasteiger partial charge in [-0.25, -0.2) is 0 Å². The zero-order chi connectivity index (χ0) is 12.5. The molecule has 0 aliphatic rings. The number of carboxylic acid groups (broad SMARTS) is 2. The van der Waals surface area contributed by atoms with Gasteiger partial charge in [0.25, 0.3) is 10.1 Å². The van der Waals surface area contributed by atoms with Gasteiger partial charge in [-0.2, -0.15) is 8.42 Å². The second-order valence-electron chi connectivity index (χ2n) is 2.76. The zero-order valence-electron chi connectivity index (χ0n) is 9.54. The molecular formula is C8H4Li2O7S. The predicted molar refractivity (Wildman–Crippen MR) is 44.9 cm³/mol. The van der Waals surface area contributed by atoms with E-state index in [0.717, 1.165) is 6.07 Å². The van der Waals surface area contributed by atoms with E-state index < -0.39 is 38.1 Å². The quantitative estimate of drug-likeness (QED) is 0.420. The van der Waals surface area contributed by atoms with E-state index in [1.807, 2.05) is 0 Å². The molecule has 0 fully saturated rings. The number of carbonyl (C=O) groups is 2. The Hall–Kier alpha value is -0.735. The monoisotopic (exact) mass is 258 g/mol. The second-order valence-corrected chi connectivity index (χ2v) is 4.15. The maximum atomic E-state index is 10.8. The molecule has 0 aliphatic carbocycles. The molecule has 0 aromatic heterocycles. The van der Waals surface area contributed by atoms with Crippen LogP contribution >= 0.6 is 0 Å². The van der Waals surface area contributed by atoms with Crippen LogP contribution in [0.4, 0.5) is 0 Å². The van der Waals surface area contributed by atoms with Gasteiger partial charge in [0.05, 0.1) is 11.9 Å². The number of benzene rings is 1. The van der Waals surface area contributed by atoms with E-state index in [4.69, 9.17) is 4.55 Å². The van der Waals surface area contributed by atoms with E-state index >= 15 is 0 Å². The third-order valence-corrected chi connectivity index (χ3v) is 2.61. The molecule has 0 bridgehead atoms. The van der Waals surface area contributed by atoms with Gasteiger partial charge < -0.3 is 19.8 Å². The Morgan fingerprint density at radius 3 is 1.89 bits per heavy atom. The van der Waals surface area contributed by atoms with E-state index in [-0.39, 0.29) is 37.7 Å². The van der Waals surface area contributed by atoms with Gasteiger partial charge in [-0.05, 0) is 11.6 Å². The fourth-order valence-electron chi connectivity index (χ4n) is 1.03. The molecule has 0 aliphatic heterocycles. The van der Waals surface area contributed by atoms with E-state index in [1.165, 1.54) is 0 Å². The van der Waals surface area contributed by atoms with Crippen molar-refractivity contribution in [3.63, 3.8) is 0 Å². The summed E-state index contributed by atoms with van der Waals surface area (Å²) < 4.78 is 30.3. The van der Waals surface area contributed by atoms with Crippen LogP contribution in [0.3, 0.4) is 0 Å².